The van der Waals surface area contributed by atoms with Gasteiger partial charge in [-0.05, 0) is 45.5 Å². The van der Waals surface area contributed by atoms with E-state index in [2.05, 4.69) is 5.16 Å². The maximum Gasteiger partial charge on any atom is 0.159 e. The normalized spacial score (nSPS) is 12.9. The summed E-state index contributed by atoms with van der Waals surface area (Å²) in [6.45, 7) is 6.35. The van der Waals surface area contributed by atoms with E-state index in [1.807, 2.05) is 32.7 Å². The summed E-state index contributed by atoms with van der Waals surface area (Å²) in [5.41, 5.74) is 2.62. The molecule has 1 atom stereocenters. The molecule has 5 heteroatoms. The molecule has 1 aromatic carbocycles. The van der Waals surface area contributed by atoms with Gasteiger partial charge in [0, 0.05) is 18.2 Å². The van der Waals surface area contributed by atoms with Crippen LogP contribution in [0.4, 0.5) is 8.78 Å². The number of hydrogen-bond acceptors (Lipinski definition) is 3. The highest BCUT2D eigenvalue weighted by Gasteiger charge is 2.17. The van der Waals surface area contributed by atoms with Gasteiger partial charge in [0.25, 0.3) is 0 Å². The van der Waals surface area contributed by atoms with Crippen LogP contribution in [0.25, 0.3) is 0 Å². The Hall–Kier alpha value is -1.75. The zero-order valence-corrected chi connectivity index (χ0v) is 12.1. The number of halogens is 2. The lowest BCUT2D eigenvalue weighted by molar-refractivity contribution is 0.250. The maximum atomic E-state index is 13.3. The molecule has 0 radical (unpaired) electrons. The van der Waals surface area contributed by atoms with Crippen LogP contribution in [0.5, 0.6) is 0 Å². The van der Waals surface area contributed by atoms with Crippen molar-refractivity contribution in [3.8, 4) is 0 Å². The van der Waals surface area contributed by atoms with E-state index in [4.69, 9.17) is 4.52 Å². The molecule has 0 spiro atoms. The molecule has 0 saturated carbocycles. The Balaban J connectivity index is 2.16. The van der Waals surface area contributed by atoms with Crippen molar-refractivity contribution in [2.24, 2.45) is 0 Å². The Morgan fingerprint density at radius 2 is 1.95 bits per heavy atom. The second-order valence-corrected chi connectivity index (χ2v) is 5.07. The van der Waals surface area contributed by atoms with Gasteiger partial charge in [-0.25, -0.2) is 8.78 Å². The van der Waals surface area contributed by atoms with Gasteiger partial charge in [0.2, 0.25) is 0 Å². The van der Waals surface area contributed by atoms with Crippen LogP contribution in [0.15, 0.2) is 22.7 Å². The lowest BCUT2D eigenvalue weighted by atomic mass is 10.1. The first kappa shape index (κ1) is 14.7. The molecule has 0 aliphatic carbocycles. The van der Waals surface area contributed by atoms with Crippen LogP contribution < -0.4 is 0 Å². The summed E-state index contributed by atoms with van der Waals surface area (Å²) < 4.78 is 31.4. The number of hydrogen-bond donors (Lipinski definition) is 0. The Kier molecular flexibility index (Phi) is 4.18. The van der Waals surface area contributed by atoms with Crippen molar-refractivity contribution in [2.45, 2.75) is 33.4 Å². The fraction of sp³-hybridized carbons (Fsp3) is 0.400. The Morgan fingerprint density at radius 3 is 2.50 bits per heavy atom. The van der Waals surface area contributed by atoms with Crippen LogP contribution in [0.1, 0.15) is 35.5 Å². The molecule has 2 rings (SSSR count). The van der Waals surface area contributed by atoms with Crippen molar-refractivity contribution in [2.75, 3.05) is 7.05 Å². The van der Waals surface area contributed by atoms with E-state index < -0.39 is 11.6 Å². The van der Waals surface area contributed by atoms with Crippen molar-refractivity contribution in [1.82, 2.24) is 10.1 Å². The minimum Gasteiger partial charge on any atom is -0.361 e. The summed E-state index contributed by atoms with van der Waals surface area (Å²) in [6.07, 6.45) is 0. The van der Waals surface area contributed by atoms with E-state index in [1.165, 1.54) is 6.07 Å². The van der Waals surface area contributed by atoms with Gasteiger partial charge < -0.3 is 4.52 Å². The van der Waals surface area contributed by atoms with E-state index in [1.54, 1.807) is 6.07 Å². The zero-order valence-electron chi connectivity index (χ0n) is 12.1. The number of nitrogens with zero attached hydrogens (tertiary/aromatic N) is 2. The summed E-state index contributed by atoms with van der Waals surface area (Å²) >= 11 is 0. The highest BCUT2D eigenvalue weighted by Crippen LogP contribution is 2.24. The summed E-state index contributed by atoms with van der Waals surface area (Å²) in [7, 11) is 1.93. The molecule has 1 heterocycles. The first-order chi connectivity index (χ1) is 9.40. The number of benzene rings is 1. The first-order valence-corrected chi connectivity index (χ1v) is 6.47. The molecule has 20 heavy (non-hydrogen) atoms. The highest BCUT2D eigenvalue weighted by atomic mass is 19.2. The van der Waals surface area contributed by atoms with Gasteiger partial charge in [0.05, 0.1) is 5.69 Å². The molecule has 0 saturated heterocycles. The molecule has 0 aliphatic heterocycles. The first-order valence-electron chi connectivity index (χ1n) is 6.47. The Labute approximate surface area is 117 Å². The quantitative estimate of drug-likeness (QED) is 0.854. The third kappa shape index (κ3) is 2.88. The van der Waals surface area contributed by atoms with Crippen molar-refractivity contribution in [1.29, 1.82) is 0 Å². The fourth-order valence-electron chi connectivity index (χ4n) is 2.14. The molecule has 0 aliphatic rings. The van der Waals surface area contributed by atoms with E-state index in [-0.39, 0.29) is 6.04 Å². The molecule has 2 aromatic rings. The molecule has 1 aromatic heterocycles. The van der Waals surface area contributed by atoms with Gasteiger partial charge in [0.15, 0.2) is 11.6 Å². The average Bonchev–Trinajstić information content (AvgIpc) is 2.72. The van der Waals surface area contributed by atoms with Crippen LogP contribution in [0, 0.1) is 25.5 Å². The minimum atomic E-state index is -0.825. The van der Waals surface area contributed by atoms with Gasteiger partial charge in [-0.1, -0.05) is 11.2 Å². The van der Waals surface area contributed by atoms with E-state index in [9.17, 15) is 8.78 Å². The fourth-order valence-corrected chi connectivity index (χ4v) is 2.14. The van der Waals surface area contributed by atoms with Gasteiger partial charge in [0.1, 0.15) is 5.76 Å². The summed E-state index contributed by atoms with van der Waals surface area (Å²) in [6, 6.07) is 3.96. The van der Waals surface area contributed by atoms with Crippen molar-refractivity contribution in [3.05, 3.63) is 52.4 Å². The molecule has 0 amide bonds. The molecule has 0 bridgehead atoms. The monoisotopic (exact) mass is 280 g/mol. The van der Waals surface area contributed by atoms with Crippen molar-refractivity contribution in [3.63, 3.8) is 0 Å². The van der Waals surface area contributed by atoms with Crippen LogP contribution in [0.3, 0.4) is 0 Å². The predicted octanol–water partition coefficient (Wildman–Crippen LogP) is 3.76. The topological polar surface area (TPSA) is 29.3 Å². The lowest BCUT2D eigenvalue weighted by Gasteiger charge is -2.25. The lowest BCUT2D eigenvalue weighted by Crippen LogP contribution is -2.22. The Morgan fingerprint density at radius 1 is 1.25 bits per heavy atom. The molecule has 0 N–H and O–H groups in total. The van der Waals surface area contributed by atoms with Crippen LogP contribution in [0.2, 0.25) is 0 Å². The number of aromatic nitrogens is 1. The van der Waals surface area contributed by atoms with Crippen LogP contribution in [-0.4, -0.2) is 17.1 Å². The third-order valence-electron chi connectivity index (χ3n) is 3.68. The second kappa shape index (κ2) is 5.71. The summed E-state index contributed by atoms with van der Waals surface area (Å²) in [5, 5.41) is 3.92. The smallest absolute Gasteiger partial charge is 0.159 e. The molecular weight excluding hydrogens is 262 g/mol. The van der Waals surface area contributed by atoms with E-state index in [0.717, 1.165) is 28.6 Å². The largest absolute Gasteiger partial charge is 0.361 e. The minimum absolute atomic E-state index is 0.0428. The maximum absolute atomic E-state index is 13.3. The van der Waals surface area contributed by atoms with Gasteiger partial charge >= 0.3 is 0 Å². The Bertz CT molecular complexity index is 590. The van der Waals surface area contributed by atoms with Crippen LogP contribution in [-0.2, 0) is 6.54 Å². The number of aryl methyl sites for hydroxylation is 2. The van der Waals surface area contributed by atoms with E-state index >= 15 is 0 Å². The highest BCUT2D eigenvalue weighted by molar-refractivity contribution is 5.23. The van der Waals surface area contributed by atoms with Gasteiger partial charge in [-0.2, -0.15) is 0 Å². The molecule has 108 valence electrons. The van der Waals surface area contributed by atoms with E-state index in [0.29, 0.717) is 6.54 Å². The van der Waals surface area contributed by atoms with Crippen LogP contribution >= 0.6 is 0 Å². The number of rotatable bonds is 4. The standard InChI is InChI=1S/C15H18F2N2O/c1-9-13(11(3)20-18-9)8-19(4)10(2)12-5-6-14(16)15(17)7-12/h5-7,10H,8H2,1-4H3/t10-/m0/s1. The molecule has 0 unspecified atom stereocenters. The van der Waals surface area contributed by atoms with Crippen molar-refractivity contribution < 1.29 is 13.3 Å². The third-order valence-corrected chi connectivity index (χ3v) is 3.68. The molecule has 0 fully saturated rings. The van der Waals surface area contributed by atoms with Gasteiger partial charge in [-0.15, -0.1) is 0 Å². The summed E-state index contributed by atoms with van der Waals surface area (Å²) in [4.78, 5) is 2.04. The predicted molar refractivity (Wildman–Crippen MR) is 72.2 cm³/mol. The molecular formula is C15H18F2N2O. The SMILES string of the molecule is Cc1noc(C)c1CN(C)[C@@H](C)c1ccc(F)c(F)c1. The van der Waals surface area contributed by atoms with Gasteiger partial charge in [-0.3, -0.25) is 4.90 Å². The molecule has 3 nitrogen and oxygen atoms in total. The summed E-state index contributed by atoms with van der Waals surface area (Å²) in [5.74, 6) is -0.860. The zero-order chi connectivity index (χ0) is 14.9. The van der Waals surface area contributed by atoms with Crippen molar-refractivity contribution >= 4 is 0 Å². The second-order valence-electron chi connectivity index (χ2n) is 5.07. The average molecular weight is 280 g/mol.